The number of nitrogens with one attached hydrogen (secondary N) is 2. The molecular weight excluding hydrogens is 366 g/mol. The van der Waals surface area contributed by atoms with Gasteiger partial charge in [0.15, 0.2) is 5.65 Å². The molecule has 4 rings (SSSR count). The van der Waals surface area contributed by atoms with Crippen molar-refractivity contribution in [2.45, 2.75) is 26.2 Å². The van der Waals surface area contributed by atoms with E-state index >= 15 is 0 Å². The van der Waals surface area contributed by atoms with Crippen LogP contribution < -0.4 is 15.5 Å². The summed E-state index contributed by atoms with van der Waals surface area (Å²) in [5.41, 5.74) is 2.04. The van der Waals surface area contributed by atoms with Crippen molar-refractivity contribution in [3.05, 3.63) is 24.0 Å². The van der Waals surface area contributed by atoms with Gasteiger partial charge >= 0.3 is 0 Å². The molecule has 29 heavy (non-hydrogen) atoms. The Bertz CT molecular complexity index is 824. The summed E-state index contributed by atoms with van der Waals surface area (Å²) in [6, 6.07) is 1.93. The smallest absolute Gasteiger partial charge is 0.226 e. The van der Waals surface area contributed by atoms with Crippen LogP contribution in [0.25, 0.3) is 5.65 Å². The molecule has 2 N–H and O–H groups in total. The molecule has 2 aromatic rings. The molecule has 2 saturated heterocycles. The van der Waals surface area contributed by atoms with Crippen molar-refractivity contribution in [2.75, 3.05) is 57.8 Å². The minimum absolute atomic E-state index is 0.0571. The van der Waals surface area contributed by atoms with Gasteiger partial charge in [-0.05, 0) is 51.9 Å². The van der Waals surface area contributed by atoms with Gasteiger partial charge in [0, 0.05) is 44.0 Å². The predicted octanol–water partition coefficient (Wildman–Crippen LogP) is 0.776. The summed E-state index contributed by atoms with van der Waals surface area (Å²) in [4.78, 5) is 21.7. The number of carbonyl (C=O) groups excluding carboxylic acids is 1. The molecule has 2 aliphatic rings. The Kier molecular flexibility index (Phi) is 6.30. The molecule has 1 amide bonds. The molecule has 158 valence electrons. The molecule has 2 aliphatic heterocycles. The van der Waals surface area contributed by atoms with Crippen LogP contribution in [0.3, 0.4) is 0 Å². The third-order valence-electron chi connectivity index (χ3n) is 6.34. The lowest BCUT2D eigenvalue weighted by atomic mass is 9.95. The van der Waals surface area contributed by atoms with Crippen molar-refractivity contribution in [1.82, 2.24) is 30.1 Å². The lowest BCUT2D eigenvalue weighted by Gasteiger charge is -2.41. The minimum Gasteiger partial charge on any atom is -0.355 e. The average Bonchev–Trinajstić information content (AvgIpc) is 3.19. The Balaban J connectivity index is 1.38. The SMILES string of the molecule is CCN(C)CCc1cnc2ccnn2c1N1CC(C(=O)NCC2CCNCC2)C1. The van der Waals surface area contributed by atoms with E-state index in [1.165, 1.54) is 5.56 Å². The van der Waals surface area contributed by atoms with Crippen molar-refractivity contribution in [2.24, 2.45) is 11.8 Å². The van der Waals surface area contributed by atoms with E-state index in [0.717, 1.165) is 76.5 Å². The number of aromatic nitrogens is 3. The first-order valence-electron chi connectivity index (χ1n) is 10.9. The monoisotopic (exact) mass is 399 g/mol. The molecule has 4 heterocycles. The van der Waals surface area contributed by atoms with Crippen LogP contribution in [0.1, 0.15) is 25.3 Å². The highest BCUT2D eigenvalue weighted by Crippen LogP contribution is 2.29. The van der Waals surface area contributed by atoms with Crippen LogP contribution >= 0.6 is 0 Å². The highest BCUT2D eigenvalue weighted by molar-refractivity contribution is 5.82. The number of likely N-dealkylation sites (N-methyl/N-ethyl adjacent to an activating group) is 1. The second-order valence-corrected chi connectivity index (χ2v) is 8.39. The summed E-state index contributed by atoms with van der Waals surface area (Å²) in [7, 11) is 2.13. The van der Waals surface area contributed by atoms with E-state index in [1.807, 2.05) is 16.8 Å². The first-order valence-corrected chi connectivity index (χ1v) is 10.9. The van der Waals surface area contributed by atoms with Gasteiger partial charge in [-0.3, -0.25) is 4.79 Å². The highest BCUT2D eigenvalue weighted by Gasteiger charge is 2.35. The normalized spacial score (nSPS) is 18.4. The molecule has 0 aromatic carbocycles. The third-order valence-corrected chi connectivity index (χ3v) is 6.34. The Labute approximate surface area is 172 Å². The molecule has 2 fully saturated rings. The Morgan fingerprint density at radius 1 is 1.34 bits per heavy atom. The molecule has 0 bridgehead atoms. The van der Waals surface area contributed by atoms with E-state index < -0.39 is 0 Å². The Morgan fingerprint density at radius 2 is 2.14 bits per heavy atom. The standard InChI is InChI=1S/C21H33N7O/c1-3-26(2)11-7-17-13-23-19-6-10-25-28(19)21(17)27-14-18(15-27)20(29)24-12-16-4-8-22-9-5-16/h6,10,13,16,18,22H,3-5,7-9,11-12,14-15H2,1-2H3,(H,24,29). The fourth-order valence-corrected chi connectivity index (χ4v) is 4.17. The summed E-state index contributed by atoms with van der Waals surface area (Å²) in [6.45, 7) is 8.59. The zero-order chi connectivity index (χ0) is 20.2. The van der Waals surface area contributed by atoms with Crippen LogP contribution in [0.5, 0.6) is 0 Å². The van der Waals surface area contributed by atoms with Crippen LogP contribution in [0, 0.1) is 11.8 Å². The molecule has 0 unspecified atom stereocenters. The molecule has 2 aromatic heterocycles. The quantitative estimate of drug-likeness (QED) is 0.683. The van der Waals surface area contributed by atoms with Gasteiger partial charge in [-0.2, -0.15) is 9.61 Å². The zero-order valence-electron chi connectivity index (χ0n) is 17.6. The van der Waals surface area contributed by atoms with Crippen molar-refractivity contribution >= 4 is 17.4 Å². The number of hydrogen-bond acceptors (Lipinski definition) is 6. The van der Waals surface area contributed by atoms with Crippen LogP contribution in [-0.4, -0.2) is 78.3 Å². The molecule has 0 atom stereocenters. The third kappa shape index (κ3) is 4.53. The number of piperidine rings is 1. The lowest BCUT2D eigenvalue weighted by molar-refractivity contribution is -0.125. The van der Waals surface area contributed by atoms with Crippen LogP contribution in [-0.2, 0) is 11.2 Å². The van der Waals surface area contributed by atoms with E-state index in [0.29, 0.717) is 5.92 Å². The van der Waals surface area contributed by atoms with Crippen LogP contribution in [0.15, 0.2) is 18.5 Å². The van der Waals surface area contributed by atoms with E-state index in [2.05, 4.69) is 44.5 Å². The predicted molar refractivity (Wildman–Crippen MR) is 114 cm³/mol. The van der Waals surface area contributed by atoms with Crippen LogP contribution in [0.4, 0.5) is 5.82 Å². The largest absolute Gasteiger partial charge is 0.355 e. The van der Waals surface area contributed by atoms with Gasteiger partial charge in [0.2, 0.25) is 5.91 Å². The van der Waals surface area contributed by atoms with E-state index in [4.69, 9.17) is 0 Å². The number of anilines is 1. The molecule has 0 spiro atoms. The maximum absolute atomic E-state index is 12.6. The van der Waals surface area contributed by atoms with Crippen molar-refractivity contribution in [3.8, 4) is 0 Å². The van der Waals surface area contributed by atoms with Gasteiger partial charge < -0.3 is 20.4 Å². The van der Waals surface area contributed by atoms with E-state index in [9.17, 15) is 4.79 Å². The summed E-state index contributed by atoms with van der Waals surface area (Å²) in [6.07, 6.45) is 6.99. The molecule has 8 nitrogen and oxygen atoms in total. The van der Waals surface area contributed by atoms with E-state index in [1.54, 1.807) is 6.20 Å². The van der Waals surface area contributed by atoms with Gasteiger partial charge in [-0.15, -0.1) is 0 Å². The Hall–Kier alpha value is -2.19. The number of rotatable bonds is 8. The molecule has 0 radical (unpaired) electrons. The molecular formula is C21H33N7O. The number of hydrogen-bond donors (Lipinski definition) is 2. The molecule has 0 aliphatic carbocycles. The van der Waals surface area contributed by atoms with Gasteiger partial charge in [-0.25, -0.2) is 4.98 Å². The summed E-state index contributed by atoms with van der Waals surface area (Å²) in [5, 5.41) is 11.0. The first-order chi connectivity index (χ1) is 14.2. The summed E-state index contributed by atoms with van der Waals surface area (Å²) < 4.78 is 1.92. The van der Waals surface area contributed by atoms with Crippen molar-refractivity contribution < 1.29 is 4.79 Å². The van der Waals surface area contributed by atoms with Crippen molar-refractivity contribution in [3.63, 3.8) is 0 Å². The molecule has 0 saturated carbocycles. The second-order valence-electron chi connectivity index (χ2n) is 8.39. The number of amides is 1. The van der Waals surface area contributed by atoms with Gasteiger partial charge in [0.05, 0.1) is 12.1 Å². The maximum atomic E-state index is 12.6. The van der Waals surface area contributed by atoms with Crippen LogP contribution in [0.2, 0.25) is 0 Å². The first kappa shape index (κ1) is 20.1. The van der Waals surface area contributed by atoms with E-state index in [-0.39, 0.29) is 11.8 Å². The van der Waals surface area contributed by atoms with Crippen molar-refractivity contribution in [1.29, 1.82) is 0 Å². The fourth-order valence-electron chi connectivity index (χ4n) is 4.17. The second kappa shape index (κ2) is 9.09. The Morgan fingerprint density at radius 3 is 2.90 bits per heavy atom. The fraction of sp³-hybridized carbons (Fsp3) is 0.667. The maximum Gasteiger partial charge on any atom is 0.226 e. The number of fused-ring (bicyclic) bond motifs is 1. The number of carbonyl (C=O) groups is 1. The topological polar surface area (TPSA) is 77.8 Å². The molecule has 8 heteroatoms. The number of nitrogens with zero attached hydrogens (tertiary/aromatic N) is 5. The zero-order valence-corrected chi connectivity index (χ0v) is 17.6. The summed E-state index contributed by atoms with van der Waals surface area (Å²) in [5.74, 6) is 1.95. The average molecular weight is 400 g/mol. The summed E-state index contributed by atoms with van der Waals surface area (Å²) >= 11 is 0. The van der Waals surface area contributed by atoms with Gasteiger partial charge in [0.25, 0.3) is 0 Å². The van der Waals surface area contributed by atoms with Gasteiger partial charge in [-0.1, -0.05) is 6.92 Å². The van der Waals surface area contributed by atoms with Gasteiger partial charge in [0.1, 0.15) is 5.82 Å². The lowest BCUT2D eigenvalue weighted by Crippen LogP contribution is -2.55. The minimum atomic E-state index is 0.0571. The highest BCUT2D eigenvalue weighted by atomic mass is 16.2.